The summed E-state index contributed by atoms with van der Waals surface area (Å²) in [6.45, 7) is 1.80. The van der Waals surface area contributed by atoms with Crippen LogP contribution in [0.3, 0.4) is 0 Å². The molecule has 0 heterocycles. The summed E-state index contributed by atoms with van der Waals surface area (Å²) in [5, 5.41) is 2.75. The number of nitrogens with one attached hydrogen (secondary N) is 1. The lowest BCUT2D eigenvalue weighted by molar-refractivity contribution is -0.121. The number of amides is 2. The van der Waals surface area contributed by atoms with Crippen molar-refractivity contribution < 1.29 is 18.7 Å². The molecule has 1 N–H and O–H groups in total. The number of benzene rings is 2. The Morgan fingerprint density at radius 1 is 1.12 bits per heavy atom. The van der Waals surface area contributed by atoms with Crippen molar-refractivity contribution in [1.82, 2.24) is 5.32 Å². The minimum Gasteiger partial charge on any atom is -0.497 e. The number of carbonyl (C=O) groups is 2. The Bertz CT molecular complexity index is 732. The zero-order valence-electron chi connectivity index (χ0n) is 14.3. The van der Waals surface area contributed by atoms with Gasteiger partial charge in [0.25, 0.3) is 0 Å². The summed E-state index contributed by atoms with van der Waals surface area (Å²) in [5.74, 6) is -0.190. The van der Waals surface area contributed by atoms with E-state index in [2.05, 4.69) is 5.32 Å². The molecule has 0 unspecified atom stereocenters. The summed E-state index contributed by atoms with van der Waals surface area (Å²) in [6, 6.07) is 13.3. The van der Waals surface area contributed by atoms with Gasteiger partial charge in [-0.3, -0.25) is 9.59 Å². The average molecular weight is 344 g/mol. The molecule has 0 atom stereocenters. The molecule has 2 aromatic rings. The van der Waals surface area contributed by atoms with E-state index in [1.165, 1.54) is 24.0 Å². The maximum atomic E-state index is 13.8. The van der Waals surface area contributed by atoms with Gasteiger partial charge in [0.05, 0.1) is 19.2 Å². The number of ether oxygens (including phenoxy) is 1. The van der Waals surface area contributed by atoms with Gasteiger partial charge in [0.15, 0.2) is 0 Å². The maximum Gasteiger partial charge on any atom is 0.224 e. The van der Waals surface area contributed by atoms with Crippen LogP contribution in [-0.4, -0.2) is 32.0 Å². The Morgan fingerprint density at radius 3 is 2.40 bits per heavy atom. The second-order valence-corrected chi connectivity index (χ2v) is 5.50. The Labute approximate surface area is 146 Å². The second-order valence-electron chi connectivity index (χ2n) is 5.50. The van der Waals surface area contributed by atoms with Crippen LogP contribution in [0.5, 0.6) is 5.75 Å². The van der Waals surface area contributed by atoms with Gasteiger partial charge in [-0.05, 0) is 29.8 Å². The van der Waals surface area contributed by atoms with E-state index in [9.17, 15) is 14.0 Å². The SMILES string of the molecule is COc1ccc(CC(=O)NCCN(C(C)=O)c2ccccc2F)cc1. The van der Waals surface area contributed by atoms with Gasteiger partial charge in [-0.2, -0.15) is 0 Å². The number of hydrogen-bond donors (Lipinski definition) is 1. The molecule has 0 saturated heterocycles. The second kappa shape index (κ2) is 8.82. The fourth-order valence-electron chi connectivity index (χ4n) is 2.42. The molecule has 0 saturated carbocycles. The van der Waals surface area contributed by atoms with E-state index in [4.69, 9.17) is 4.74 Å². The van der Waals surface area contributed by atoms with E-state index in [1.54, 1.807) is 31.4 Å². The van der Waals surface area contributed by atoms with Crippen LogP contribution in [0.15, 0.2) is 48.5 Å². The first kappa shape index (κ1) is 18.4. The highest BCUT2D eigenvalue weighted by molar-refractivity contribution is 5.91. The number of para-hydroxylation sites is 1. The molecule has 2 amide bonds. The molecule has 0 aliphatic heterocycles. The monoisotopic (exact) mass is 344 g/mol. The lowest BCUT2D eigenvalue weighted by atomic mass is 10.1. The third kappa shape index (κ3) is 5.31. The Hall–Kier alpha value is -2.89. The largest absolute Gasteiger partial charge is 0.497 e. The van der Waals surface area contributed by atoms with Gasteiger partial charge in [-0.1, -0.05) is 24.3 Å². The highest BCUT2D eigenvalue weighted by Crippen LogP contribution is 2.18. The van der Waals surface area contributed by atoms with Gasteiger partial charge in [-0.25, -0.2) is 4.39 Å². The average Bonchev–Trinajstić information content (AvgIpc) is 2.60. The zero-order valence-corrected chi connectivity index (χ0v) is 14.3. The molecule has 132 valence electrons. The topological polar surface area (TPSA) is 58.6 Å². The molecule has 5 nitrogen and oxygen atoms in total. The predicted molar refractivity (Wildman–Crippen MR) is 94.1 cm³/mol. The van der Waals surface area contributed by atoms with E-state index in [0.29, 0.717) is 0 Å². The van der Waals surface area contributed by atoms with Gasteiger partial charge in [0, 0.05) is 20.0 Å². The number of rotatable bonds is 7. The molecular weight excluding hydrogens is 323 g/mol. The van der Waals surface area contributed by atoms with Crippen molar-refractivity contribution in [2.75, 3.05) is 25.1 Å². The molecule has 2 aromatic carbocycles. The fourth-order valence-corrected chi connectivity index (χ4v) is 2.42. The normalized spacial score (nSPS) is 10.2. The number of anilines is 1. The van der Waals surface area contributed by atoms with Crippen LogP contribution in [0.25, 0.3) is 0 Å². The van der Waals surface area contributed by atoms with Gasteiger partial charge in [-0.15, -0.1) is 0 Å². The fraction of sp³-hybridized carbons (Fsp3) is 0.263. The number of hydrogen-bond acceptors (Lipinski definition) is 3. The van der Waals surface area contributed by atoms with Crippen LogP contribution in [0.4, 0.5) is 10.1 Å². The first-order valence-corrected chi connectivity index (χ1v) is 7.93. The molecule has 0 aromatic heterocycles. The minimum atomic E-state index is -0.470. The highest BCUT2D eigenvalue weighted by atomic mass is 19.1. The lowest BCUT2D eigenvalue weighted by Crippen LogP contribution is -2.38. The molecule has 2 rings (SSSR count). The van der Waals surface area contributed by atoms with Crippen LogP contribution in [-0.2, 0) is 16.0 Å². The van der Waals surface area contributed by atoms with E-state index in [1.807, 2.05) is 12.1 Å². The summed E-state index contributed by atoms with van der Waals surface area (Å²) in [6.07, 6.45) is 0.226. The minimum absolute atomic E-state index is 0.165. The van der Waals surface area contributed by atoms with E-state index in [-0.39, 0.29) is 37.0 Å². The van der Waals surface area contributed by atoms with Crippen LogP contribution < -0.4 is 15.0 Å². The molecule has 6 heteroatoms. The predicted octanol–water partition coefficient (Wildman–Crippen LogP) is 2.55. The summed E-state index contributed by atoms with van der Waals surface area (Å²) in [5.41, 5.74) is 1.07. The zero-order chi connectivity index (χ0) is 18.2. The summed E-state index contributed by atoms with van der Waals surface area (Å²) >= 11 is 0. The van der Waals surface area contributed by atoms with Gasteiger partial charge >= 0.3 is 0 Å². The van der Waals surface area contributed by atoms with E-state index < -0.39 is 5.82 Å². The Kier molecular flexibility index (Phi) is 6.51. The summed E-state index contributed by atoms with van der Waals surface area (Å²) < 4.78 is 18.9. The van der Waals surface area contributed by atoms with Crippen molar-refractivity contribution in [1.29, 1.82) is 0 Å². The summed E-state index contributed by atoms with van der Waals surface area (Å²) in [4.78, 5) is 25.1. The molecule has 25 heavy (non-hydrogen) atoms. The first-order chi connectivity index (χ1) is 12.0. The third-order valence-electron chi connectivity index (χ3n) is 3.70. The van der Waals surface area contributed by atoms with Crippen LogP contribution in [0.1, 0.15) is 12.5 Å². The molecular formula is C19H21FN2O3. The molecule has 0 bridgehead atoms. The number of carbonyl (C=O) groups excluding carboxylic acids is 2. The van der Waals surface area contributed by atoms with Crippen LogP contribution in [0.2, 0.25) is 0 Å². The quantitative estimate of drug-likeness (QED) is 0.840. The Balaban J connectivity index is 1.88. The molecule has 0 radical (unpaired) electrons. The number of methoxy groups -OCH3 is 1. The van der Waals surface area contributed by atoms with Crippen molar-refractivity contribution in [3.8, 4) is 5.75 Å². The van der Waals surface area contributed by atoms with Crippen LogP contribution in [0, 0.1) is 5.82 Å². The molecule has 0 aliphatic rings. The Morgan fingerprint density at radius 2 is 1.80 bits per heavy atom. The molecule has 0 aliphatic carbocycles. The van der Waals surface area contributed by atoms with E-state index >= 15 is 0 Å². The highest BCUT2D eigenvalue weighted by Gasteiger charge is 2.15. The van der Waals surface area contributed by atoms with Crippen LogP contribution >= 0.6 is 0 Å². The van der Waals surface area contributed by atoms with Crippen molar-refractivity contribution in [2.24, 2.45) is 0 Å². The van der Waals surface area contributed by atoms with Crippen molar-refractivity contribution in [3.63, 3.8) is 0 Å². The van der Waals surface area contributed by atoms with E-state index in [0.717, 1.165) is 11.3 Å². The maximum absolute atomic E-state index is 13.8. The van der Waals surface area contributed by atoms with Crippen molar-refractivity contribution in [2.45, 2.75) is 13.3 Å². The van der Waals surface area contributed by atoms with Crippen molar-refractivity contribution >= 4 is 17.5 Å². The molecule has 0 fully saturated rings. The van der Waals surface area contributed by atoms with Gasteiger partial charge in [0.1, 0.15) is 11.6 Å². The number of nitrogens with zero attached hydrogens (tertiary/aromatic N) is 1. The van der Waals surface area contributed by atoms with Gasteiger partial charge < -0.3 is 15.0 Å². The third-order valence-corrected chi connectivity index (χ3v) is 3.70. The molecule has 0 spiro atoms. The smallest absolute Gasteiger partial charge is 0.224 e. The van der Waals surface area contributed by atoms with Gasteiger partial charge in [0.2, 0.25) is 11.8 Å². The first-order valence-electron chi connectivity index (χ1n) is 7.93. The summed E-state index contributed by atoms with van der Waals surface area (Å²) in [7, 11) is 1.58. The lowest BCUT2D eigenvalue weighted by Gasteiger charge is -2.21. The standard InChI is InChI=1S/C19H21FN2O3/c1-14(23)22(18-6-4-3-5-17(18)20)12-11-21-19(24)13-15-7-9-16(25-2)10-8-15/h3-10H,11-13H2,1-2H3,(H,21,24). The van der Waals surface area contributed by atoms with Crippen molar-refractivity contribution in [3.05, 3.63) is 59.9 Å². The number of halogens is 1.